The van der Waals surface area contributed by atoms with E-state index in [1.165, 1.54) is 6.92 Å². The molecular formula is C15H14ClNO3. The molecule has 0 saturated carbocycles. The van der Waals surface area contributed by atoms with Crippen molar-refractivity contribution >= 4 is 17.4 Å². The molecule has 0 spiro atoms. The smallest absolute Gasteiger partial charge is 0.219 e. The molecule has 0 radical (unpaired) electrons. The average Bonchev–Trinajstić information content (AvgIpc) is 2.46. The monoisotopic (exact) mass is 291 g/mol. The van der Waals surface area contributed by atoms with Crippen LogP contribution in [0, 0.1) is 0 Å². The van der Waals surface area contributed by atoms with E-state index in [0.717, 1.165) is 5.56 Å². The first-order valence-corrected chi connectivity index (χ1v) is 6.40. The Balaban J connectivity index is 2.13. The van der Waals surface area contributed by atoms with Crippen LogP contribution in [0.3, 0.4) is 0 Å². The zero-order valence-corrected chi connectivity index (χ0v) is 12.0. The summed E-state index contributed by atoms with van der Waals surface area (Å²) in [5.74, 6) is 0.999. The van der Waals surface area contributed by atoms with E-state index in [0.29, 0.717) is 22.2 Å². The summed E-state index contributed by atoms with van der Waals surface area (Å²) in [6, 6.07) is 8.64. The third-order valence-corrected chi connectivity index (χ3v) is 3.06. The molecule has 4 nitrogen and oxygen atoms in total. The van der Waals surface area contributed by atoms with E-state index in [4.69, 9.17) is 21.1 Å². The number of halogens is 1. The molecule has 1 aromatic heterocycles. The SMILES string of the molecule is COc1ncccc1COc1ccc(C(C)=O)cc1Cl. The summed E-state index contributed by atoms with van der Waals surface area (Å²) in [5, 5.41) is 0.403. The van der Waals surface area contributed by atoms with Crippen molar-refractivity contribution in [1.82, 2.24) is 4.98 Å². The molecule has 0 aliphatic heterocycles. The summed E-state index contributed by atoms with van der Waals surface area (Å²) in [5.41, 5.74) is 1.38. The van der Waals surface area contributed by atoms with Crippen molar-refractivity contribution in [2.75, 3.05) is 7.11 Å². The number of pyridine rings is 1. The topological polar surface area (TPSA) is 48.4 Å². The second-order valence-corrected chi connectivity index (χ2v) is 4.57. The van der Waals surface area contributed by atoms with Crippen LogP contribution >= 0.6 is 11.6 Å². The van der Waals surface area contributed by atoms with Gasteiger partial charge in [-0.1, -0.05) is 11.6 Å². The maximum absolute atomic E-state index is 11.2. The minimum Gasteiger partial charge on any atom is -0.487 e. The summed E-state index contributed by atoms with van der Waals surface area (Å²) in [7, 11) is 1.56. The summed E-state index contributed by atoms with van der Waals surface area (Å²) >= 11 is 6.09. The van der Waals surface area contributed by atoms with Gasteiger partial charge < -0.3 is 9.47 Å². The normalized spacial score (nSPS) is 10.2. The van der Waals surface area contributed by atoms with Crippen molar-refractivity contribution in [2.24, 2.45) is 0 Å². The second kappa shape index (κ2) is 6.39. The molecular weight excluding hydrogens is 278 g/mol. The fourth-order valence-corrected chi connectivity index (χ4v) is 1.95. The van der Waals surface area contributed by atoms with Gasteiger partial charge in [-0.05, 0) is 37.3 Å². The second-order valence-electron chi connectivity index (χ2n) is 4.16. The summed E-state index contributed by atoms with van der Waals surface area (Å²) in [4.78, 5) is 15.3. The Bertz CT molecular complexity index is 628. The Morgan fingerprint density at radius 3 is 2.80 bits per heavy atom. The van der Waals surface area contributed by atoms with Crippen molar-refractivity contribution in [3.63, 3.8) is 0 Å². The molecule has 0 unspecified atom stereocenters. The van der Waals surface area contributed by atoms with Crippen LogP contribution in [0.25, 0.3) is 0 Å². The molecule has 1 heterocycles. The number of ketones is 1. The van der Waals surface area contributed by atoms with Crippen LogP contribution in [0.4, 0.5) is 0 Å². The van der Waals surface area contributed by atoms with Gasteiger partial charge in [0.05, 0.1) is 17.7 Å². The number of rotatable bonds is 5. The van der Waals surface area contributed by atoms with Gasteiger partial charge in [-0.25, -0.2) is 4.98 Å². The van der Waals surface area contributed by atoms with Gasteiger partial charge in [0.1, 0.15) is 12.4 Å². The largest absolute Gasteiger partial charge is 0.487 e. The molecule has 2 aromatic rings. The van der Waals surface area contributed by atoms with Gasteiger partial charge in [-0.2, -0.15) is 0 Å². The van der Waals surface area contributed by atoms with Crippen LogP contribution in [0.1, 0.15) is 22.8 Å². The third-order valence-electron chi connectivity index (χ3n) is 2.76. The molecule has 5 heteroatoms. The lowest BCUT2D eigenvalue weighted by molar-refractivity contribution is 0.101. The minimum absolute atomic E-state index is 0.0348. The highest BCUT2D eigenvalue weighted by molar-refractivity contribution is 6.32. The Morgan fingerprint density at radius 1 is 1.35 bits per heavy atom. The molecule has 1 aromatic carbocycles. The quantitative estimate of drug-likeness (QED) is 0.791. The molecule has 0 amide bonds. The van der Waals surface area contributed by atoms with Crippen LogP contribution in [0.15, 0.2) is 36.5 Å². The van der Waals surface area contributed by atoms with Gasteiger partial charge in [0.25, 0.3) is 0 Å². The highest BCUT2D eigenvalue weighted by Gasteiger charge is 2.08. The van der Waals surface area contributed by atoms with Crippen molar-refractivity contribution < 1.29 is 14.3 Å². The van der Waals surface area contributed by atoms with Gasteiger partial charge >= 0.3 is 0 Å². The van der Waals surface area contributed by atoms with E-state index >= 15 is 0 Å². The fourth-order valence-electron chi connectivity index (χ4n) is 1.71. The Labute approximate surface area is 122 Å². The standard InChI is InChI=1S/C15H14ClNO3/c1-10(18)11-5-6-14(13(16)8-11)20-9-12-4-3-7-17-15(12)19-2/h3-8H,9H2,1-2H3. The van der Waals surface area contributed by atoms with Crippen LogP contribution in [0.5, 0.6) is 11.6 Å². The highest BCUT2D eigenvalue weighted by atomic mass is 35.5. The van der Waals surface area contributed by atoms with Gasteiger partial charge in [0.15, 0.2) is 5.78 Å². The zero-order valence-electron chi connectivity index (χ0n) is 11.2. The Morgan fingerprint density at radius 2 is 2.15 bits per heavy atom. The minimum atomic E-state index is -0.0348. The van der Waals surface area contributed by atoms with E-state index in [2.05, 4.69) is 4.98 Å². The van der Waals surface area contributed by atoms with Gasteiger partial charge in [-0.15, -0.1) is 0 Å². The van der Waals surface area contributed by atoms with E-state index in [1.54, 1.807) is 31.5 Å². The van der Waals surface area contributed by atoms with Crippen molar-refractivity contribution in [1.29, 1.82) is 0 Å². The molecule has 0 N–H and O–H groups in total. The molecule has 104 valence electrons. The first kappa shape index (κ1) is 14.3. The lowest BCUT2D eigenvalue weighted by atomic mass is 10.1. The summed E-state index contributed by atoms with van der Waals surface area (Å²) in [6.45, 7) is 1.78. The van der Waals surface area contributed by atoms with Gasteiger partial charge in [-0.3, -0.25) is 4.79 Å². The molecule has 0 bridgehead atoms. The van der Waals surface area contributed by atoms with Crippen LogP contribution < -0.4 is 9.47 Å². The first-order chi connectivity index (χ1) is 9.61. The average molecular weight is 292 g/mol. The molecule has 0 saturated heterocycles. The van der Waals surface area contributed by atoms with Crippen LogP contribution in [-0.4, -0.2) is 17.9 Å². The van der Waals surface area contributed by atoms with Gasteiger partial charge in [0, 0.05) is 11.8 Å². The lowest BCUT2D eigenvalue weighted by Crippen LogP contribution is -2.01. The molecule has 0 aliphatic rings. The van der Waals surface area contributed by atoms with Crippen LogP contribution in [0.2, 0.25) is 5.02 Å². The van der Waals surface area contributed by atoms with E-state index < -0.39 is 0 Å². The Kier molecular flexibility index (Phi) is 4.58. The number of aromatic nitrogens is 1. The van der Waals surface area contributed by atoms with Gasteiger partial charge in [0.2, 0.25) is 5.88 Å². The number of carbonyl (C=O) groups is 1. The maximum atomic E-state index is 11.2. The molecule has 2 rings (SSSR count). The molecule has 0 atom stereocenters. The lowest BCUT2D eigenvalue weighted by Gasteiger charge is -2.10. The zero-order chi connectivity index (χ0) is 14.5. The summed E-state index contributed by atoms with van der Waals surface area (Å²) in [6.07, 6.45) is 1.65. The first-order valence-electron chi connectivity index (χ1n) is 6.03. The predicted molar refractivity (Wildman–Crippen MR) is 76.6 cm³/mol. The van der Waals surface area contributed by atoms with Crippen molar-refractivity contribution in [3.8, 4) is 11.6 Å². The maximum Gasteiger partial charge on any atom is 0.219 e. The van der Waals surface area contributed by atoms with Crippen molar-refractivity contribution in [3.05, 3.63) is 52.7 Å². The Hall–Kier alpha value is -2.07. The number of Topliss-reactive ketones (excluding diaryl/α,β-unsaturated/α-hetero) is 1. The number of benzene rings is 1. The molecule has 0 aliphatic carbocycles. The highest BCUT2D eigenvalue weighted by Crippen LogP contribution is 2.27. The summed E-state index contributed by atoms with van der Waals surface area (Å²) < 4.78 is 10.8. The number of hydrogen-bond acceptors (Lipinski definition) is 4. The number of nitrogens with zero attached hydrogens (tertiary/aromatic N) is 1. The van der Waals surface area contributed by atoms with E-state index in [-0.39, 0.29) is 12.4 Å². The van der Waals surface area contributed by atoms with Crippen molar-refractivity contribution in [2.45, 2.75) is 13.5 Å². The third kappa shape index (κ3) is 3.27. The number of hydrogen-bond donors (Lipinski definition) is 0. The molecule has 20 heavy (non-hydrogen) atoms. The number of methoxy groups -OCH3 is 1. The fraction of sp³-hybridized carbons (Fsp3) is 0.200. The van der Waals surface area contributed by atoms with E-state index in [1.807, 2.05) is 12.1 Å². The molecule has 0 fully saturated rings. The van der Waals surface area contributed by atoms with Crippen LogP contribution in [-0.2, 0) is 6.61 Å². The number of ether oxygens (including phenoxy) is 2. The number of carbonyl (C=O) groups excluding carboxylic acids is 1. The van der Waals surface area contributed by atoms with E-state index in [9.17, 15) is 4.79 Å². The predicted octanol–water partition coefficient (Wildman–Crippen LogP) is 3.53.